The summed E-state index contributed by atoms with van der Waals surface area (Å²) in [5, 5.41) is 3.05. The Kier molecular flexibility index (Phi) is 4.49. The highest BCUT2D eigenvalue weighted by molar-refractivity contribution is 6.30. The van der Waals surface area contributed by atoms with Crippen LogP contribution in [0, 0.1) is 5.82 Å². The Morgan fingerprint density at radius 1 is 1.25 bits per heavy atom. The molecule has 0 unspecified atom stereocenters. The molecule has 2 rings (SSSR count). The molecule has 0 aliphatic rings. The van der Waals surface area contributed by atoms with Gasteiger partial charge in [0.15, 0.2) is 0 Å². The van der Waals surface area contributed by atoms with Gasteiger partial charge in [-0.1, -0.05) is 11.6 Å². The van der Waals surface area contributed by atoms with Crippen molar-refractivity contribution in [1.82, 2.24) is 15.0 Å². The number of anilines is 3. The van der Waals surface area contributed by atoms with Crippen LogP contribution in [-0.2, 0) is 0 Å². The van der Waals surface area contributed by atoms with E-state index in [0.717, 1.165) is 0 Å². The number of rotatable bonds is 5. The topological polar surface area (TPSA) is 98.0 Å². The van der Waals surface area contributed by atoms with E-state index in [2.05, 4.69) is 25.7 Å². The molecule has 0 amide bonds. The summed E-state index contributed by atoms with van der Waals surface area (Å²) < 4.78 is 18.4. The van der Waals surface area contributed by atoms with E-state index in [4.69, 9.17) is 22.2 Å². The van der Waals surface area contributed by atoms with Gasteiger partial charge in [-0.05, 0) is 25.1 Å². The summed E-state index contributed by atoms with van der Waals surface area (Å²) in [7, 11) is 0. The first-order chi connectivity index (χ1) is 9.60. The number of nitrogens with one attached hydrogen (secondary N) is 2. The number of nitrogens with two attached hydrogens (primary N) is 1. The highest BCUT2D eigenvalue weighted by Crippen LogP contribution is 2.21. The van der Waals surface area contributed by atoms with Crippen LogP contribution in [-0.4, -0.2) is 21.6 Å². The minimum Gasteiger partial charge on any atom is -0.464 e. The van der Waals surface area contributed by atoms with Gasteiger partial charge < -0.3 is 10.1 Å². The minimum absolute atomic E-state index is 0.0976. The minimum atomic E-state index is -0.476. The summed E-state index contributed by atoms with van der Waals surface area (Å²) in [6, 6.07) is 4.08. The molecular formula is C11H12ClFN6O. The van der Waals surface area contributed by atoms with Crippen molar-refractivity contribution in [2.45, 2.75) is 6.92 Å². The fourth-order valence-electron chi connectivity index (χ4n) is 1.43. The van der Waals surface area contributed by atoms with E-state index in [-0.39, 0.29) is 22.9 Å². The van der Waals surface area contributed by atoms with Crippen LogP contribution in [0.15, 0.2) is 18.2 Å². The van der Waals surface area contributed by atoms with Gasteiger partial charge in [-0.15, -0.1) is 0 Å². The number of ether oxygens (including phenoxy) is 1. The number of benzene rings is 1. The second-order valence-corrected chi connectivity index (χ2v) is 4.06. The standard InChI is InChI=1S/C11H12ClFN6O/c1-2-20-11-17-9(16-10(18-11)19-14)15-8-4-6(12)3-7(13)5-8/h3-5H,2,14H2,1H3,(H2,15,16,17,18,19). The molecule has 0 aliphatic carbocycles. The second-order valence-electron chi connectivity index (χ2n) is 3.63. The first kappa shape index (κ1) is 14.2. The number of hydrogen-bond donors (Lipinski definition) is 3. The van der Waals surface area contributed by atoms with Crippen LogP contribution in [0.1, 0.15) is 6.92 Å². The number of hydrogen-bond acceptors (Lipinski definition) is 7. The monoisotopic (exact) mass is 298 g/mol. The Hall–Kier alpha value is -2.19. The van der Waals surface area contributed by atoms with E-state index in [1.807, 2.05) is 0 Å². The summed E-state index contributed by atoms with van der Waals surface area (Å²) in [6.45, 7) is 2.18. The van der Waals surface area contributed by atoms with Gasteiger partial charge >= 0.3 is 6.01 Å². The lowest BCUT2D eigenvalue weighted by Crippen LogP contribution is -2.13. The van der Waals surface area contributed by atoms with E-state index in [9.17, 15) is 4.39 Å². The molecule has 9 heteroatoms. The van der Waals surface area contributed by atoms with Crippen LogP contribution in [0.3, 0.4) is 0 Å². The largest absolute Gasteiger partial charge is 0.464 e. The summed E-state index contributed by atoms with van der Waals surface area (Å²) in [6.07, 6.45) is 0. The van der Waals surface area contributed by atoms with Crippen molar-refractivity contribution in [3.63, 3.8) is 0 Å². The molecule has 7 nitrogen and oxygen atoms in total. The molecule has 0 saturated heterocycles. The van der Waals surface area contributed by atoms with Crippen molar-refractivity contribution in [3.8, 4) is 6.01 Å². The molecule has 4 N–H and O–H groups in total. The number of halogens is 2. The SMILES string of the molecule is CCOc1nc(NN)nc(Nc2cc(F)cc(Cl)c2)n1. The van der Waals surface area contributed by atoms with Crippen LogP contribution >= 0.6 is 11.6 Å². The number of nitrogen functional groups attached to an aromatic ring is 1. The maximum Gasteiger partial charge on any atom is 0.323 e. The second kappa shape index (κ2) is 6.31. The van der Waals surface area contributed by atoms with E-state index in [1.54, 1.807) is 6.92 Å². The molecule has 1 aromatic carbocycles. The predicted molar refractivity (Wildman–Crippen MR) is 73.5 cm³/mol. The summed E-state index contributed by atoms with van der Waals surface area (Å²) in [4.78, 5) is 11.9. The lowest BCUT2D eigenvalue weighted by atomic mass is 10.3. The van der Waals surface area contributed by atoms with Gasteiger partial charge in [0.1, 0.15) is 5.82 Å². The van der Waals surface area contributed by atoms with Gasteiger partial charge in [-0.3, -0.25) is 5.43 Å². The normalized spacial score (nSPS) is 10.2. The Labute approximate surface area is 119 Å². The molecule has 0 bridgehead atoms. The molecule has 0 atom stereocenters. The molecule has 0 aliphatic heterocycles. The smallest absolute Gasteiger partial charge is 0.323 e. The van der Waals surface area contributed by atoms with Crippen LogP contribution in [0.5, 0.6) is 6.01 Å². The lowest BCUT2D eigenvalue weighted by molar-refractivity contribution is 0.312. The molecule has 0 saturated carbocycles. The first-order valence-corrected chi connectivity index (χ1v) is 6.07. The molecule has 20 heavy (non-hydrogen) atoms. The van der Waals surface area contributed by atoms with Crippen molar-refractivity contribution >= 4 is 29.2 Å². The number of aromatic nitrogens is 3. The molecular weight excluding hydrogens is 287 g/mol. The number of nitrogens with zero attached hydrogens (tertiary/aromatic N) is 3. The molecule has 1 aromatic heterocycles. The zero-order valence-corrected chi connectivity index (χ0v) is 11.3. The van der Waals surface area contributed by atoms with Crippen LogP contribution < -0.4 is 21.3 Å². The third-order valence-corrected chi connectivity index (χ3v) is 2.35. The van der Waals surface area contributed by atoms with E-state index in [1.165, 1.54) is 18.2 Å². The molecule has 106 valence electrons. The summed E-state index contributed by atoms with van der Waals surface area (Å²) >= 11 is 5.77. The van der Waals surface area contributed by atoms with Gasteiger partial charge in [-0.25, -0.2) is 10.2 Å². The average Bonchev–Trinajstić information content (AvgIpc) is 2.37. The Balaban J connectivity index is 2.29. The molecule has 0 radical (unpaired) electrons. The zero-order valence-electron chi connectivity index (χ0n) is 10.5. The zero-order chi connectivity index (χ0) is 14.5. The number of hydrazine groups is 1. The van der Waals surface area contributed by atoms with Crippen LogP contribution in [0.4, 0.5) is 22.0 Å². The quantitative estimate of drug-likeness (QED) is 0.574. The van der Waals surface area contributed by atoms with E-state index in [0.29, 0.717) is 12.3 Å². The molecule has 2 aromatic rings. The van der Waals surface area contributed by atoms with Gasteiger partial charge in [0.2, 0.25) is 11.9 Å². The average molecular weight is 299 g/mol. The lowest BCUT2D eigenvalue weighted by Gasteiger charge is -2.08. The predicted octanol–water partition coefficient (Wildman–Crippen LogP) is 2.09. The van der Waals surface area contributed by atoms with E-state index >= 15 is 0 Å². The molecule has 0 fully saturated rings. The molecule has 1 heterocycles. The summed E-state index contributed by atoms with van der Waals surface area (Å²) in [5.41, 5.74) is 2.69. The molecule has 0 spiro atoms. The van der Waals surface area contributed by atoms with Crippen molar-refractivity contribution in [3.05, 3.63) is 29.0 Å². The Morgan fingerprint density at radius 3 is 2.65 bits per heavy atom. The van der Waals surface area contributed by atoms with Crippen molar-refractivity contribution < 1.29 is 9.13 Å². The van der Waals surface area contributed by atoms with Gasteiger partial charge in [-0.2, -0.15) is 15.0 Å². The third kappa shape index (κ3) is 3.65. The van der Waals surface area contributed by atoms with Gasteiger partial charge in [0.25, 0.3) is 0 Å². The maximum atomic E-state index is 13.2. The van der Waals surface area contributed by atoms with Gasteiger partial charge in [0.05, 0.1) is 6.61 Å². The third-order valence-electron chi connectivity index (χ3n) is 2.14. The Bertz CT molecular complexity index is 591. The maximum absolute atomic E-state index is 13.2. The summed E-state index contributed by atoms with van der Waals surface area (Å²) in [5.74, 6) is 5.05. The first-order valence-electron chi connectivity index (χ1n) is 5.69. The Morgan fingerprint density at radius 2 is 2.00 bits per heavy atom. The van der Waals surface area contributed by atoms with E-state index < -0.39 is 5.82 Å². The highest BCUT2D eigenvalue weighted by Gasteiger charge is 2.08. The van der Waals surface area contributed by atoms with Crippen LogP contribution in [0.25, 0.3) is 0 Å². The van der Waals surface area contributed by atoms with Crippen molar-refractivity contribution in [1.29, 1.82) is 0 Å². The van der Waals surface area contributed by atoms with Crippen molar-refractivity contribution in [2.24, 2.45) is 5.84 Å². The highest BCUT2D eigenvalue weighted by atomic mass is 35.5. The van der Waals surface area contributed by atoms with Crippen LogP contribution in [0.2, 0.25) is 5.02 Å². The fourth-order valence-corrected chi connectivity index (χ4v) is 1.65. The van der Waals surface area contributed by atoms with Crippen molar-refractivity contribution in [2.75, 3.05) is 17.3 Å². The van der Waals surface area contributed by atoms with Gasteiger partial charge in [0, 0.05) is 10.7 Å². The fraction of sp³-hybridized carbons (Fsp3) is 0.182.